The molecular formula is C12H9N5O. The molecule has 18 heavy (non-hydrogen) atoms. The van der Waals surface area contributed by atoms with Gasteiger partial charge < -0.3 is 10.5 Å². The summed E-state index contributed by atoms with van der Waals surface area (Å²) in [6.07, 6.45) is 1.39. The molecule has 0 amide bonds. The first-order valence-corrected chi connectivity index (χ1v) is 5.03. The van der Waals surface area contributed by atoms with Crippen molar-refractivity contribution in [2.24, 2.45) is 0 Å². The first-order chi connectivity index (χ1) is 8.72. The van der Waals surface area contributed by atoms with Crippen LogP contribution in [0.15, 0.2) is 24.5 Å². The summed E-state index contributed by atoms with van der Waals surface area (Å²) in [6.45, 7) is 0. The van der Waals surface area contributed by atoms with Crippen LogP contribution in [0.25, 0.3) is 5.69 Å². The van der Waals surface area contributed by atoms with Gasteiger partial charge in [-0.3, -0.25) is 4.57 Å². The molecule has 0 aliphatic rings. The Hall–Kier alpha value is -2.99. The third kappa shape index (κ3) is 1.62. The van der Waals surface area contributed by atoms with E-state index < -0.39 is 0 Å². The number of hydrogen-bond donors (Lipinski definition) is 1. The lowest BCUT2D eigenvalue weighted by Crippen LogP contribution is -2.03. The summed E-state index contributed by atoms with van der Waals surface area (Å²) >= 11 is 0. The Morgan fingerprint density at radius 2 is 2.11 bits per heavy atom. The van der Waals surface area contributed by atoms with Crippen molar-refractivity contribution in [3.63, 3.8) is 0 Å². The largest absolute Gasteiger partial charge is 0.495 e. The molecule has 0 spiro atoms. The molecule has 1 aromatic carbocycles. The van der Waals surface area contributed by atoms with Crippen molar-refractivity contribution >= 4 is 5.69 Å². The molecule has 0 aliphatic heterocycles. The number of aromatic nitrogens is 2. The average Bonchev–Trinajstić information content (AvgIpc) is 2.81. The van der Waals surface area contributed by atoms with Gasteiger partial charge in [0.25, 0.3) is 0 Å². The zero-order chi connectivity index (χ0) is 13.1. The van der Waals surface area contributed by atoms with Crippen LogP contribution in [0.4, 0.5) is 5.69 Å². The number of para-hydroxylation sites is 1. The van der Waals surface area contributed by atoms with Crippen LogP contribution in [0, 0.1) is 22.7 Å². The Bertz CT molecular complexity index is 675. The lowest BCUT2D eigenvalue weighted by molar-refractivity contribution is 0.417. The van der Waals surface area contributed by atoms with Crippen molar-refractivity contribution in [1.29, 1.82) is 10.5 Å². The van der Waals surface area contributed by atoms with Crippen molar-refractivity contribution in [1.82, 2.24) is 9.55 Å². The fourth-order valence-electron chi connectivity index (χ4n) is 1.64. The zero-order valence-corrected chi connectivity index (χ0v) is 9.58. The van der Waals surface area contributed by atoms with Crippen LogP contribution in [0.1, 0.15) is 11.4 Å². The number of methoxy groups -OCH3 is 1. The van der Waals surface area contributed by atoms with Crippen molar-refractivity contribution in [3.8, 4) is 23.6 Å². The van der Waals surface area contributed by atoms with Crippen molar-refractivity contribution in [3.05, 3.63) is 35.9 Å². The van der Waals surface area contributed by atoms with Gasteiger partial charge in [-0.25, -0.2) is 4.98 Å². The van der Waals surface area contributed by atoms with Gasteiger partial charge in [-0.2, -0.15) is 10.5 Å². The van der Waals surface area contributed by atoms with Gasteiger partial charge in [-0.15, -0.1) is 0 Å². The smallest absolute Gasteiger partial charge is 0.177 e. The maximum Gasteiger partial charge on any atom is 0.177 e. The minimum atomic E-state index is 0.0692. The lowest BCUT2D eigenvalue weighted by atomic mass is 10.2. The van der Waals surface area contributed by atoms with Gasteiger partial charge >= 0.3 is 0 Å². The summed E-state index contributed by atoms with van der Waals surface area (Å²) in [6, 6.07) is 8.98. The van der Waals surface area contributed by atoms with Gasteiger partial charge in [0, 0.05) is 0 Å². The van der Waals surface area contributed by atoms with Crippen LogP contribution in [-0.2, 0) is 0 Å². The van der Waals surface area contributed by atoms with E-state index >= 15 is 0 Å². The molecule has 6 heteroatoms. The van der Waals surface area contributed by atoms with Gasteiger partial charge in [0.05, 0.1) is 18.5 Å². The topological polar surface area (TPSA) is 101 Å². The number of hydrogen-bond acceptors (Lipinski definition) is 5. The van der Waals surface area contributed by atoms with E-state index in [0.29, 0.717) is 17.1 Å². The van der Waals surface area contributed by atoms with Crippen LogP contribution in [-0.4, -0.2) is 16.7 Å². The minimum absolute atomic E-state index is 0.0692. The van der Waals surface area contributed by atoms with Crippen LogP contribution in [0.3, 0.4) is 0 Å². The normalized spacial score (nSPS) is 9.50. The first kappa shape index (κ1) is 11.5. The Balaban J connectivity index is 2.68. The number of imidazole rings is 1. The van der Waals surface area contributed by atoms with Crippen LogP contribution >= 0.6 is 0 Å². The molecule has 0 saturated carbocycles. The molecule has 2 aromatic rings. The van der Waals surface area contributed by atoms with Gasteiger partial charge in [-0.05, 0) is 12.1 Å². The predicted octanol–water partition coefficient (Wildman–Crippen LogP) is 1.21. The fraction of sp³-hybridized carbons (Fsp3) is 0.0833. The Morgan fingerprint density at radius 3 is 2.72 bits per heavy atom. The highest BCUT2D eigenvalue weighted by molar-refractivity contribution is 5.67. The molecule has 0 bridgehead atoms. The molecular weight excluding hydrogens is 230 g/mol. The number of nitriles is 2. The quantitative estimate of drug-likeness (QED) is 0.793. The van der Waals surface area contributed by atoms with E-state index in [2.05, 4.69) is 4.98 Å². The average molecular weight is 239 g/mol. The highest BCUT2D eigenvalue weighted by Crippen LogP contribution is 2.28. The van der Waals surface area contributed by atoms with Crippen molar-refractivity contribution < 1.29 is 4.74 Å². The van der Waals surface area contributed by atoms with Gasteiger partial charge in [0.15, 0.2) is 11.4 Å². The number of nitrogen functional groups attached to an aromatic ring is 1. The minimum Gasteiger partial charge on any atom is -0.495 e. The molecule has 0 saturated heterocycles. The van der Waals surface area contributed by atoms with E-state index in [1.54, 1.807) is 18.2 Å². The summed E-state index contributed by atoms with van der Waals surface area (Å²) in [5.41, 5.74) is 7.10. The van der Waals surface area contributed by atoms with E-state index in [1.165, 1.54) is 18.0 Å². The number of benzene rings is 1. The second-order valence-corrected chi connectivity index (χ2v) is 3.43. The van der Waals surface area contributed by atoms with Gasteiger partial charge in [0.1, 0.15) is 24.2 Å². The van der Waals surface area contributed by atoms with Gasteiger partial charge in [-0.1, -0.05) is 6.07 Å². The molecule has 88 valence electrons. The highest BCUT2D eigenvalue weighted by Gasteiger charge is 2.14. The van der Waals surface area contributed by atoms with E-state index in [-0.39, 0.29) is 11.4 Å². The summed E-state index contributed by atoms with van der Waals surface area (Å²) in [5.74, 6) is 0.503. The SMILES string of the molecule is COc1cccc(-n2cnc(C#N)c2C#N)c1N. The van der Waals surface area contributed by atoms with Crippen LogP contribution in [0.2, 0.25) is 0 Å². The second kappa shape index (κ2) is 4.48. The maximum absolute atomic E-state index is 9.06. The number of nitrogens with zero attached hydrogens (tertiary/aromatic N) is 4. The molecule has 0 fully saturated rings. The molecule has 2 rings (SSSR count). The van der Waals surface area contributed by atoms with Crippen LogP contribution < -0.4 is 10.5 Å². The second-order valence-electron chi connectivity index (χ2n) is 3.43. The third-order valence-corrected chi connectivity index (χ3v) is 2.50. The molecule has 2 N–H and O–H groups in total. The summed E-state index contributed by atoms with van der Waals surface area (Å²) in [7, 11) is 1.51. The highest BCUT2D eigenvalue weighted by atomic mass is 16.5. The molecule has 0 atom stereocenters. The fourth-order valence-corrected chi connectivity index (χ4v) is 1.64. The molecule has 6 nitrogen and oxygen atoms in total. The standard InChI is InChI=1S/C12H9N5O/c1-18-11-4-2-3-9(12(11)15)17-7-16-8(5-13)10(17)6-14/h2-4,7H,15H2,1H3. The van der Waals surface area contributed by atoms with E-state index in [4.69, 9.17) is 21.0 Å². The maximum atomic E-state index is 9.06. The van der Waals surface area contributed by atoms with E-state index in [1.807, 2.05) is 12.1 Å². The lowest BCUT2D eigenvalue weighted by Gasteiger charge is -2.10. The molecule has 1 heterocycles. The third-order valence-electron chi connectivity index (χ3n) is 2.50. The van der Waals surface area contributed by atoms with Crippen molar-refractivity contribution in [2.45, 2.75) is 0 Å². The predicted molar refractivity (Wildman–Crippen MR) is 64.0 cm³/mol. The Labute approximate surface area is 103 Å². The Kier molecular flexibility index (Phi) is 2.86. The molecule has 1 aromatic heterocycles. The first-order valence-electron chi connectivity index (χ1n) is 5.03. The number of nitrogens with two attached hydrogens (primary N) is 1. The van der Waals surface area contributed by atoms with Crippen molar-refractivity contribution in [2.75, 3.05) is 12.8 Å². The summed E-state index contributed by atoms with van der Waals surface area (Å²) in [5, 5.41) is 17.9. The number of ether oxygens (including phenoxy) is 1. The molecule has 0 aliphatic carbocycles. The summed E-state index contributed by atoms with van der Waals surface area (Å²) in [4.78, 5) is 3.86. The molecule has 0 radical (unpaired) electrons. The monoisotopic (exact) mass is 239 g/mol. The van der Waals surface area contributed by atoms with Crippen LogP contribution in [0.5, 0.6) is 5.75 Å². The van der Waals surface area contributed by atoms with E-state index in [0.717, 1.165) is 0 Å². The van der Waals surface area contributed by atoms with E-state index in [9.17, 15) is 0 Å². The Morgan fingerprint density at radius 1 is 1.33 bits per heavy atom. The number of anilines is 1. The van der Waals surface area contributed by atoms with Gasteiger partial charge in [0.2, 0.25) is 0 Å². The number of rotatable bonds is 2. The zero-order valence-electron chi connectivity index (χ0n) is 9.58. The molecule has 0 unspecified atom stereocenters. The summed E-state index contributed by atoms with van der Waals surface area (Å²) < 4.78 is 6.58.